The van der Waals surface area contributed by atoms with Crippen molar-refractivity contribution in [1.82, 2.24) is 0 Å². The number of ether oxygens (including phenoxy) is 4. The van der Waals surface area contributed by atoms with Gasteiger partial charge in [0.2, 0.25) is 0 Å². The van der Waals surface area contributed by atoms with Crippen molar-refractivity contribution in [2.24, 2.45) is 0 Å². The van der Waals surface area contributed by atoms with E-state index >= 15 is 0 Å². The monoisotopic (exact) mass is 1420 g/mol. The van der Waals surface area contributed by atoms with E-state index in [2.05, 4.69) is 137 Å². The highest BCUT2D eigenvalue weighted by molar-refractivity contribution is 7.47. The maximum Gasteiger partial charge on any atom is 0.472 e. The van der Waals surface area contributed by atoms with Gasteiger partial charge < -0.3 is 33.8 Å². The van der Waals surface area contributed by atoms with Crippen molar-refractivity contribution in [3.8, 4) is 0 Å². The number of allylic oxidation sites excluding steroid dienone is 18. The molecule has 0 saturated carbocycles. The lowest BCUT2D eigenvalue weighted by Gasteiger charge is -2.21. The standard InChI is InChI=1S/C79H136O17P2/c1-5-9-13-17-21-25-29-32-34-36-38-41-45-48-52-56-60-64-77(82)90-70-75(96-79(84)66-62-58-54-50-46-42-39-37-35-33-30-26-22-18-14-10-6-2)72-94-98(87,88)92-68-73(80)67-91-97(85,86)93-71-74(95-78(83)65-61-57-53-49-43-28-24-20-16-12-8-4)69-89-76(81)63-59-55-51-47-44-40-31-27-23-19-15-11-7-3/h9-10,13-14,21-22,25-27,31-35,38-39,41-42,73-75,80H,5-8,11-12,15-20,23-24,28-30,36-37,40,43-72H2,1-4H3,(H,85,86)(H,87,88)/b13-9-,14-10-,25-21-,26-22-,31-27-,34-32-,35-33-,41-38-,42-39-. The Morgan fingerprint density at radius 1 is 0.296 bits per heavy atom. The number of rotatable bonds is 71. The molecule has 0 aromatic carbocycles. The van der Waals surface area contributed by atoms with Crippen molar-refractivity contribution >= 4 is 39.5 Å². The molecule has 5 atom stereocenters. The molecule has 0 aromatic heterocycles. The molecule has 0 aliphatic carbocycles. The van der Waals surface area contributed by atoms with Gasteiger partial charge in [-0.05, 0) is 128 Å². The Morgan fingerprint density at radius 2 is 0.531 bits per heavy atom. The zero-order chi connectivity index (χ0) is 71.8. The van der Waals surface area contributed by atoms with Gasteiger partial charge in [-0.3, -0.25) is 37.3 Å². The molecule has 0 aliphatic heterocycles. The molecule has 0 saturated heterocycles. The van der Waals surface area contributed by atoms with Gasteiger partial charge >= 0.3 is 39.5 Å². The summed E-state index contributed by atoms with van der Waals surface area (Å²) >= 11 is 0. The number of phosphoric acid groups is 2. The topological polar surface area (TPSA) is 237 Å². The van der Waals surface area contributed by atoms with Crippen LogP contribution in [0.15, 0.2) is 109 Å². The summed E-state index contributed by atoms with van der Waals surface area (Å²) in [6, 6.07) is 0. The highest BCUT2D eigenvalue weighted by atomic mass is 31.2. The van der Waals surface area contributed by atoms with E-state index in [-0.39, 0.29) is 25.7 Å². The van der Waals surface area contributed by atoms with Crippen LogP contribution >= 0.6 is 15.6 Å². The van der Waals surface area contributed by atoms with Crippen molar-refractivity contribution < 1.29 is 80.2 Å². The summed E-state index contributed by atoms with van der Waals surface area (Å²) in [4.78, 5) is 72.8. The number of aliphatic hydroxyl groups excluding tert-OH is 1. The summed E-state index contributed by atoms with van der Waals surface area (Å²) in [5.74, 6) is -2.23. The van der Waals surface area contributed by atoms with Crippen molar-refractivity contribution in [2.45, 2.75) is 329 Å². The zero-order valence-electron chi connectivity index (χ0n) is 61.4. The molecular formula is C79H136O17P2. The largest absolute Gasteiger partial charge is 0.472 e. The molecule has 0 fully saturated rings. The van der Waals surface area contributed by atoms with E-state index in [4.69, 9.17) is 37.0 Å². The molecule has 5 unspecified atom stereocenters. The first-order valence-corrected chi connectivity index (χ1v) is 41.1. The quantitative estimate of drug-likeness (QED) is 0.0169. The van der Waals surface area contributed by atoms with E-state index in [0.717, 1.165) is 167 Å². The minimum Gasteiger partial charge on any atom is -0.462 e. The first-order valence-electron chi connectivity index (χ1n) is 38.1. The molecule has 0 heterocycles. The van der Waals surface area contributed by atoms with E-state index in [1.165, 1.54) is 64.2 Å². The number of hydrogen-bond acceptors (Lipinski definition) is 15. The van der Waals surface area contributed by atoms with E-state index < -0.39 is 97.5 Å². The van der Waals surface area contributed by atoms with E-state index in [1.54, 1.807) is 0 Å². The number of carbonyl (C=O) groups is 4. The zero-order valence-corrected chi connectivity index (χ0v) is 63.2. The van der Waals surface area contributed by atoms with Crippen molar-refractivity contribution in [3.05, 3.63) is 109 Å². The molecule has 0 aromatic rings. The van der Waals surface area contributed by atoms with Gasteiger partial charge in [0.25, 0.3) is 0 Å². The van der Waals surface area contributed by atoms with Gasteiger partial charge in [0.1, 0.15) is 19.3 Å². The van der Waals surface area contributed by atoms with Gasteiger partial charge in [0.05, 0.1) is 26.4 Å². The Morgan fingerprint density at radius 3 is 0.837 bits per heavy atom. The SMILES string of the molecule is CC/C=C\C/C=C\C/C=C\C/C=C\CCCCCCC(=O)OCC(COP(=O)(O)OCC(O)COP(=O)(O)OCC(COC(=O)CCCCCCC/C=C\CCCCCC)OC(=O)CCCCCCCCCCCCC)OC(=O)CCCCCC/C=C\C/C=C\C/C=C\C/C=C\CC. The lowest BCUT2D eigenvalue weighted by Crippen LogP contribution is -2.30. The third-order valence-electron chi connectivity index (χ3n) is 15.7. The van der Waals surface area contributed by atoms with Crippen LogP contribution in [0, 0.1) is 0 Å². The first kappa shape index (κ1) is 93.7. The summed E-state index contributed by atoms with van der Waals surface area (Å²) < 4.78 is 68.4. The molecule has 3 N–H and O–H groups in total. The van der Waals surface area contributed by atoms with Gasteiger partial charge in [-0.2, -0.15) is 0 Å². The minimum atomic E-state index is -4.99. The second-order valence-corrected chi connectivity index (χ2v) is 28.1. The second kappa shape index (κ2) is 71.1. The van der Waals surface area contributed by atoms with Crippen LogP contribution in [-0.2, 0) is 65.4 Å². The molecular weight excluding hydrogens is 1280 g/mol. The van der Waals surface area contributed by atoms with Crippen molar-refractivity contribution in [1.29, 1.82) is 0 Å². The van der Waals surface area contributed by atoms with Crippen molar-refractivity contribution in [2.75, 3.05) is 39.6 Å². The highest BCUT2D eigenvalue weighted by Crippen LogP contribution is 2.45. The summed E-state index contributed by atoms with van der Waals surface area (Å²) in [6.07, 6.45) is 75.1. The molecule has 19 heteroatoms. The Hall–Kier alpha value is -4.28. The maximum absolute atomic E-state index is 13.1. The lowest BCUT2D eigenvalue weighted by molar-refractivity contribution is -0.161. The average molecular weight is 1420 g/mol. The number of carbonyl (C=O) groups excluding carboxylic acids is 4. The van der Waals surface area contributed by atoms with E-state index in [0.29, 0.717) is 25.7 Å². The van der Waals surface area contributed by atoms with Crippen LogP contribution < -0.4 is 0 Å². The first-order chi connectivity index (χ1) is 47.7. The number of esters is 4. The van der Waals surface area contributed by atoms with Gasteiger partial charge in [0, 0.05) is 25.7 Å². The van der Waals surface area contributed by atoms with E-state index in [9.17, 15) is 43.2 Å². The molecule has 17 nitrogen and oxygen atoms in total. The molecule has 0 aliphatic rings. The number of aliphatic hydroxyl groups is 1. The lowest BCUT2D eigenvalue weighted by atomic mass is 10.1. The predicted octanol–water partition coefficient (Wildman–Crippen LogP) is 21.8. The molecule has 0 radical (unpaired) electrons. The third-order valence-corrected chi connectivity index (χ3v) is 17.6. The van der Waals surface area contributed by atoms with Crippen LogP contribution in [0.2, 0.25) is 0 Å². The number of unbranched alkanes of at least 4 members (excludes halogenated alkanes) is 27. The normalized spacial score (nSPS) is 14.6. The molecule has 0 amide bonds. The molecule has 98 heavy (non-hydrogen) atoms. The highest BCUT2D eigenvalue weighted by Gasteiger charge is 2.30. The Balaban J connectivity index is 5.38. The maximum atomic E-state index is 13.1. The van der Waals surface area contributed by atoms with Gasteiger partial charge in [0.15, 0.2) is 12.2 Å². The Bertz CT molecular complexity index is 2290. The summed E-state index contributed by atoms with van der Waals surface area (Å²) in [7, 11) is -9.96. The van der Waals surface area contributed by atoms with Gasteiger partial charge in [-0.1, -0.05) is 265 Å². The van der Waals surface area contributed by atoms with Crippen molar-refractivity contribution in [3.63, 3.8) is 0 Å². The average Bonchev–Trinajstić information content (AvgIpc) is 0.980. The summed E-state index contributed by atoms with van der Waals surface area (Å²) in [6.45, 7) is 4.57. The van der Waals surface area contributed by atoms with Crippen LogP contribution in [0.1, 0.15) is 310 Å². The smallest absolute Gasteiger partial charge is 0.462 e. The van der Waals surface area contributed by atoms with Crippen LogP contribution in [0.3, 0.4) is 0 Å². The molecule has 0 rings (SSSR count). The number of phosphoric ester groups is 2. The van der Waals surface area contributed by atoms with Gasteiger partial charge in [-0.25, -0.2) is 9.13 Å². The fourth-order valence-electron chi connectivity index (χ4n) is 9.96. The summed E-state index contributed by atoms with van der Waals surface area (Å²) in [5.41, 5.74) is 0. The fraction of sp³-hybridized carbons (Fsp3) is 0.722. The fourth-order valence-corrected chi connectivity index (χ4v) is 11.5. The molecule has 0 spiro atoms. The Labute approximate surface area is 594 Å². The van der Waals surface area contributed by atoms with E-state index in [1.807, 2.05) is 0 Å². The number of hydrogen-bond donors (Lipinski definition) is 3. The summed E-state index contributed by atoms with van der Waals surface area (Å²) in [5, 5.41) is 10.6. The Kier molecular flexibility index (Phi) is 68.0. The van der Waals surface area contributed by atoms with Gasteiger partial charge in [-0.15, -0.1) is 0 Å². The van der Waals surface area contributed by atoms with Crippen LogP contribution in [0.25, 0.3) is 0 Å². The van der Waals surface area contributed by atoms with Crippen LogP contribution in [0.5, 0.6) is 0 Å². The van der Waals surface area contributed by atoms with Crippen LogP contribution in [-0.4, -0.2) is 96.7 Å². The third kappa shape index (κ3) is 70.2. The van der Waals surface area contributed by atoms with Crippen LogP contribution in [0.4, 0.5) is 0 Å². The predicted molar refractivity (Wildman–Crippen MR) is 399 cm³/mol. The minimum absolute atomic E-state index is 0.0597. The molecule has 0 bridgehead atoms. The second-order valence-electron chi connectivity index (χ2n) is 25.2. The molecule has 564 valence electrons.